The van der Waals surface area contributed by atoms with Crippen molar-refractivity contribution >= 4 is 22.1 Å². The Kier molecular flexibility index (Phi) is 7.24. The minimum atomic E-state index is -5.74. The van der Waals surface area contributed by atoms with Crippen LogP contribution < -0.4 is 0 Å². The maximum atomic E-state index is 12.6. The molecule has 1 rings (SSSR count). The van der Waals surface area contributed by atoms with Crippen LogP contribution in [-0.4, -0.2) is 49.0 Å². The van der Waals surface area contributed by atoms with Gasteiger partial charge in [0.05, 0.1) is 17.9 Å². The van der Waals surface area contributed by atoms with Gasteiger partial charge in [0.25, 0.3) is 0 Å². The Bertz CT molecular complexity index is 586. The van der Waals surface area contributed by atoms with Gasteiger partial charge in [0.2, 0.25) is 0 Å². The monoisotopic (exact) mass is 389 g/mol. The van der Waals surface area contributed by atoms with Gasteiger partial charge in [-0.1, -0.05) is 12.8 Å². The first kappa shape index (κ1) is 21.7. The molecule has 0 saturated heterocycles. The SMILES string of the molecule is CC(C)OC(=O)C1CCCCC1C(=O)OCC(C(F)(F)F)S(=O)(=O)[O-]. The van der Waals surface area contributed by atoms with Gasteiger partial charge >= 0.3 is 18.1 Å². The zero-order valence-electron chi connectivity index (χ0n) is 13.7. The molecule has 0 radical (unpaired) electrons. The number of halogens is 3. The molecular formula is C14H20F3O7S-. The van der Waals surface area contributed by atoms with Crippen molar-refractivity contribution in [2.45, 2.75) is 57.1 Å². The minimum Gasteiger partial charge on any atom is -0.747 e. The summed E-state index contributed by atoms with van der Waals surface area (Å²) >= 11 is 0. The lowest BCUT2D eigenvalue weighted by molar-refractivity contribution is -0.170. The van der Waals surface area contributed by atoms with E-state index in [4.69, 9.17) is 4.74 Å². The maximum absolute atomic E-state index is 12.6. The normalized spacial score (nSPS) is 23.2. The Labute approximate surface area is 143 Å². The summed E-state index contributed by atoms with van der Waals surface area (Å²) in [5.74, 6) is -3.68. The van der Waals surface area contributed by atoms with Crippen molar-refractivity contribution in [3.05, 3.63) is 0 Å². The van der Waals surface area contributed by atoms with Crippen LogP contribution in [0.4, 0.5) is 13.2 Å². The van der Waals surface area contributed by atoms with Gasteiger partial charge in [-0.05, 0) is 26.7 Å². The van der Waals surface area contributed by atoms with Crippen LogP contribution in [0.3, 0.4) is 0 Å². The lowest BCUT2D eigenvalue weighted by atomic mass is 9.79. The molecule has 0 bridgehead atoms. The number of esters is 2. The van der Waals surface area contributed by atoms with E-state index >= 15 is 0 Å². The molecule has 146 valence electrons. The molecule has 7 nitrogen and oxygen atoms in total. The van der Waals surface area contributed by atoms with Gasteiger partial charge in [-0.3, -0.25) is 9.59 Å². The zero-order chi connectivity index (χ0) is 19.4. The Morgan fingerprint density at radius 1 is 1.12 bits per heavy atom. The fourth-order valence-electron chi connectivity index (χ4n) is 2.62. The van der Waals surface area contributed by atoms with Crippen LogP contribution >= 0.6 is 0 Å². The molecule has 0 aromatic rings. The molecule has 0 aromatic heterocycles. The van der Waals surface area contributed by atoms with Gasteiger partial charge in [-0.15, -0.1) is 0 Å². The second-order valence-electron chi connectivity index (χ2n) is 6.14. The van der Waals surface area contributed by atoms with E-state index in [1.807, 2.05) is 0 Å². The van der Waals surface area contributed by atoms with Crippen LogP contribution in [-0.2, 0) is 29.2 Å². The van der Waals surface area contributed by atoms with Crippen molar-refractivity contribution in [2.24, 2.45) is 11.8 Å². The average molecular weight is 389 g/mol. The van der Waals surface area contributed by atoms with Crippen molar-refractivity contribution in [1.29, 1.82) is 0 Å². The van der Waals surface area contributed by atoms with E-state index in [1.54, 1.807) is 13.8 Å². The third-order valence-electron chi connectivity index (χ3n) is 3.81. The standard InChI is InChI=1S/C14H21F3O7S/c1-8(2)24-13(19)10-6-4-3-5-9(10)12(18)23-7-11(14(15,16)17)25(20,21)22/h8-11H,3-7H2,1-2H3,(H,20,21,22)/p-1. The van der Waals surface area contributed by atoms with Crippen molar-refractivity contribution in [1.82, 2.24) is 0 Å². The van der Waals surface area contributed by atoms with Crippen molar-refractivity contribution in [3.8, 4) is 0 Å². The molecule has 0 heterocycles. The minimum absolute atomic E-state index is 0.206. The fourth-order valence-corrected chi connectivity index (χ4v) is 3.18. The van der Waals surface area contributed by atoms with Gasteiger partial charge in [-0.25, -0.2) is 8.42 Å². The highest BCUT2D eigenvalue weighted by Crippen LogP contribution is 2.33. The largest absolute Gasteiger partial charge is 0.747 e. The molecule has 1 aliphatic rings. The molecule has 0 aliphatic heterocycles. The van der Waals surface area contributed by atoms with Gasteiger partial charge < -0.3 is 14.0 Å². The predicted molar refractivity (Wildman–Crippen MR) is 77.2 cm³/mol. The third-order valence-corrected chi connectivity index (χ3v) is 4.91. The summed E-state index contributed by atoms with van der Waals surface area (Å²) in [4.78, 5) is 24.1. The van der Waals surface area contributed by atoms with E-state index in [2.05, 4.69) is 4.74 Å². The third kappa shape index (κ3) is 6.46. The Hall–Kier alpha value is -1.36. The molecule has 0 aromatic carbocycles. The summed E-state index contributed by atoms with van der Waals surface area (Å²) in [6.45, 7) is 1.60. The van der Waals surface area contributed by atoms with Crippen LogP contribution in [0.1, 0.15) is 39.5 Å². The summed E-state index contributed by atoms with van der Waals surface area (Å²) < 4.78 is 79.5. The number of rotatable bonds is 6. The molecule has 25 heavy (non-hydrogen) atoms. The Balaban J connectivity index is 2.81. The van der Waals surface area contributed by atoms with Gasteiger partial charge in [0.15, 0.2) is 5.25 Å². The number of hydrogen-bond acceptors (Lipinski definition) is 7. The van der Waals surface area contributed by atoms with Crippen LogP contribution in [0.5, 0.6) is 0 Å². The van der Waals surface area contributed by atoms with Gasteiger partial charge in [0, 0.05) is 0 Å². The highest BCUT2D eigenvalue weighted by Gasteiger charge is 2.46. The predicted octanol–water partition coefficient (Wildman–Crippen LogP) is 1.76. The van der Waals surface area contributed by atoms with Gasteiger partial charge in [0.1, 0.15) is 16.7 Å². The van der Waals surface area contributed by atoms with Crippen LogP contribution in [0.15, 0.2) is 0 Å². The zero-order valence-corrected chi connectivity index (χ0v) is 14.6. The van der Waals surface area contributed by atoms with Crippen molar-refractivity contribution < 1.29 is 45.2 Å². The van der Waals surface area contributed by atoms with Crippen LogP contribution in [0.2, 0.25) is 0 Å². The molecule has 0 spiro atoms. The van der Waals surface area contributed by atoms with Crippen molar-refractivity contribution in [3.63, 3.8) is 0 Å². The van der Waals surface area contributed by atoms with E-state index < -0.39 is 58.0 Å². The van der Waals surface area contributed by atoms with E-state index in [-0.39, 0.29) is 6.42 Å². The fraction of sp³-hybridized carbons (Fsp3) is 0.857. The molecule has 3 atom stereocenters. The summed E-state index contributed by atoms with van der Waals surface area (Å²) in [5.41, 5.74) is 0. The molecule has 1 fully saturated rings. The second kappa shape index (κ2) is 8.35. The Morgan fingerprint density at radius 3 is 2.00 bits per heavy atom. The molecular weight excluding hydrogens is 369 g/mol. The quantitative estimate of drug-likeness (QED) is 0.503. The number of carbonyl (C=O) groups is 2. The number of alkyl halides is 3. The number of carbonyl (C=O) groups excluding carboxylic acids is 2. The second-order valence-corrected chi connectivity index (χ2v) is 7.69. The number of ether oxygens (including phenoxy) is 2. The van der Waals surface area contributed by atoms with Crippen LogP contribution in [0, 0.1) is 11.8 Å². The molecule has 1 saturated carbocycles. The van der Waals surface area contributed by atoms with E-state index in [9.17, 15) is 35.7 Å². The van der Waals surface area contributed by atoms with E-state index in [0.29, 0.717) is 19.3 Å². The summed E-state index contributed by atoms with van der Waals surface area (Å²) in [5, 5.41) is -3.34. The smallest absolute Gasteiger partial charge is 0.407 e. The average Bonchev–Trinajstić information content (AvgIpc) is 2.43. The molecule has 11 heteroatoms. The lowest BCUT2D eigenvalue weighted by Crippen LogP contribution is -2.42. The van der Waals surface area contributed by atoms with E-state index in [0.717, 1.165) is 0 Å². The molecule has 3 unspecified atom stereocenters. The maximum Gasteiger partial charge on any atom is 0.407 e. The highest BCUT2D eigenvalue weighted by atomic mass is 32.2. The Morgan fingerprint density at radius 2 is 1.60 bits per heavy atom. The van der Waals surface area contributed by atoms with Gasteiger partial charge in [-0.2, -0.15) is 13.2 Å². The first-order valence-electron chi connectivity index (χ1n) is 7.72. The summed E-state index contributed by atoms with van der Waals surface area (Å²) in [6.07, 6.45) is -4.06. The van der Waals surface area contributed by atoms with E-state index in [1.165, 1.54) is 0 Å². The summed E-state index contributed by atoms with van der Waals surface area (Å²) in [6, 6.07) is 0. The van der Waals surface area contributed by atoms with Crippen LogP contribution in [0.25, 0.3) is 0 Å². The molecule has 0 N–H and O–H groups in total. The lowest BCUT2D eigenvalue weighted by Gasteiger charge is -2.30. The molecule has 1 aliphatic carbocycles. The summed E-state index contributed by atoms with van der Waals surface area (Å²) in [7, 11) is -5.74. The van der Waals surface area contributed by atoms with Crippen molar-refractivity contribution in [2.75, 3.05) is 6.61 Å². The highest BCUT2D eigenvalue weighted by molar-refractivity contribution is 7.86. The topological polar surface area (TPSA) is 110 Å². The number of hydrogen-bond donors (Lipinski definition) is 0. The first-order chi connectivity index (χ1) is 11.3. The first-order valence-corrected chi connectivity index (χ1v) is 9.19. The molecule has 0 amide bonds.